The molecule has 2 rings (SSSR count). The lowest BCUT2D eigenvalue weighted by Gasteiger charge is -2.44. The predicted octanol–water partition coefficient (Wildman–Crippen LogP) is 2.71. The van der Waals surface area contributed by atoms with E-state index in [2.05, 4.69) is 6.92 Å². The fourth-order valence-corrected chi connectivity index (χ4v) is 2.45. The third kappa shape index (κ3) is 3.76. The van der Waals surface area contributed by atoms with Crippen molar-refractivity contribution in [1.82, 2.24) is 4.90 Å². The summed E-state index contributed by atoms with van der Waals surface area (Å²) in [7, 11) is 0. The van der Waals surface area contributed by atoms with Crippen molar-refractivity contribution in [2.24, 2.45) is 0 Å². The molecule has 1 heterocycles. The van der Waals surface area contributed by atoms with Crippen molar-refractivity contribution in [2.75, 3.05) is 19.8 Å². The van der Waals surface area contributed by atoms with Crippen LogP contribution in [0, 0.1) is 13.8 Å². The average Bonchev–Trinajstić information content (AvgIpc) is 2.42. The molecular weight excluding hydrogens is 266 g/mol. The van der Waals surface area contributed by atoms with Crippen molar-refractivity contribution in [3.8, 4) is 5.75 Å². The summed E-state index contributed by atoms with van der Waals surface area (Å²) < 4.78 is 11.3. The summed E-state index contributed by atoms with van der Waals surface area (Å²) in [6.07, 6.45) is 0.0728. The zero-order chi connectivity index (χ0) is 15.6. The van der Waals surface area contributed by atoms with Crippen LogP contribution >= 0.6 is 0 Å². The van der Waals surface area contributed by atoms with E-state index >= 15 is 0 Å². The molecule has 0 bridgehead atoms. The summed E-state index contributed by atoms with van der Waals surface area (Å²) in [5.74, 6) is 0.749. The first-order chi connectivity index (χ1) is 9.79. The average molecular weight is 291 g/mol. The molecule has 1 saturated heterocycles. The Hall–Kier alpha value is -1.55. The zero-order valence-corrected chi connectivity index (χ0v) is 13.6. The number of benzene rings is 1. The highest BCUT2D eigenvalue weighted by atomic mass is 16.5. The van der Waals surface area contributed by atoms with Crippen molar-refractivity contribution in [3.63, 3.8) is 0 Å². The number of hydrogen-bond acceptors (Lipinski definition) is 3. The van der Waals surface area contributed by atoms with Gasteiger partial charge in [0.1, 0.15) is 5.75 Å². The van der Waals surface area contributed by atoms with Gasteiger partial charge in [0.15, 0.2) is 6.61 Å². The van der Waals surface area contributed by atoms with Crippen molar-refractivity contribution in [2.45, 2.75) is 46.3 Å². The van der Waals surface area contributed by atoms with Crippen molar-refractivity contribution < 1.29 is 14.3 Å². The molecule has 0 radical (unpaired) electrons. The molecule has 116 valence electrons. The first kappa shape index (κ1) is 15.8. The van der Waals surface area contributed by atoms with Crippen LogP contribution in [0.1, 0.15) is 31.9 Å². The third-order valence-electron chi connectivity index (χ3n) is 4.03. The van der Waals surface area contributed by atoms with Crippen LogP contribution in [-0.2, 0) is 9.53 Å². The minimum absolute atomic E-state index is 0.00776. The normalized spacial score (nSPS) is 21.2. The number of carbonyl (C=O) groups excluding carboxylic acids is 1. The predicted molar refractivity (Wildman–Crippen MR) is 82.6 cm³/mol. The second-order valence-corrected chi connectivity index (χ2v) is 6.47. The summed E-state index contributed by atoms with van der Waals surface area (Å²) in [5.41, 5.74) is 2.10. The Morgan fingerprint density at radius 1 is 1.38 bits per heavy atom. The molecule has 0 aromatic heterocycles. The fraction of sp³-hybridized carbons (Fsp3) is 0.588. The Balaban J connectivity index is 1.98. The van der Waals surface area contributed by atoms with E-state index in [1.54, 1.807) is 0 Å². The van der Waals surface area contributed by atoms with E-state index in [1.807, 2.05) is 50.8 Å². The van der Waals surface area contributed by atoms with Gasteiger partial charge in [0.2, 0.25) is 0 Å². The van der Waals surface area contributed by atoms with Gasteiger partial charge in [0.05, 0.1) is 18.2 Å². The van der Waals surface area contributed by atoms with E-state index < -0.39 is 0 Å². The molecule has 4 heteroatoms. The number of ether oxygens (including phenoxy) is 2. The summed E-state index contributed by atoms with van der Waals surface area (Å²) in [6.45, 7) is 11.4. The molecule has 1 aromatic carbocycles. The topological polar surface area (TPSA) is 38.8 Å². The molecule has 1 unspecified atom stereocenters. The molecule has 1 aromatic rings. The Morgan fingerprint density at radius 2 is 2.10 bits per heavy atom. The Bertz CT molecular complexity index is 525. The molecule has 1 atom stereocenters. The second kappa shape index (κ2) is 6.06. The molecule has 0 N–H and O–H groups in total. The highest BCUT2D eigenvalue weighted by Gasteiger charge is 2.36. The Morgan fingerprint density at radius 3 is 2.76 bits per heavy atom. The molecule has 1 fully saturated rings. The quantitative estimate of drug-likeness (QED) is 0.859. The number of nitrogens with zero attached hydrogens (tertiary/aromatic N) is 1. The maximum atomic E-state index is 12.4. The zero-order valence-electron chi connectivity index (χ0n) is 13.6. The summed E-state index contributed by atoms with van der Waals surface area (Å²) in [6, 6.07) is 5.88. The summed E-state index contributed by atoms with van der Waals surface area (Å²) in [5, 5.41) is 0. The van der Waals surface area contributed by atoms with E-state index in [1.165, 1.54) is 11.1 Å². The number of hydrogen-bond donors (Lipinski definition) is 0. The van der Waals surface area contributed by atoms with Gasteiger partial charge in [-0.15, -0.1) is 0 Å². The van der Waals surface area contributed by atoms with Crippen LogP contribution in [0.2, 0.25) is 0 Å². The van der Waals surface area contributed by atoms with Crippen molar-refractivity contribution >= 4 is 5.91 Å². The summed E-state index contributed by atoms with van der Waals surface area (Å²) in [4.78, 5) is 14.3. The number of morpholine rings is 1. The second-order valence-electron chi connectivity index (χ2n) is 6.47. The Kier molecular flexibility index (Phi) is 4.57. The van der Waals surface area contributed by atoms with Gasteiger partial charge < -0.3 is 14.4 Å². The number of rotatable bonds is 3. The summed E-state index contributed by atoms with van der Waals surface area (Å²) >= 11 is 0. The number of carbonyl (C=O) groups is 1. The van der Waals surface area contributed by atoms with Crippen LogP contribution in [0.5, 0.6) is 5.75 Å². The third-order valence-corrected chi connectivity index (χ3v) is 4.03. The van der Waals surface area contributed by atoms with Crippen LogP contribution in [0.25, 0.3) is 0 Å². The SMILES string of the molecule is Cc1ccc(OCC(=O)N2CC(C)OCC2(C)C)cc1C. The minimum atomic E-state index is -0.282. The van der Waals surface area contributed by atoms with Gasteiger partial charge in [-0.3, -0.25) is 4.79 Å². The number of aryl methyl sites for hydroxylation is 2. The molecule has 4 nitrogen and oxygen atoms in total. The molecule has 0 aliphatic carbocycles. The Labute approximate surface area is 127 Å². The first-order valence-electron chi connectivity index (χ1n) is 7.42. The first-order valence-corrected chi connectivity index (χ1v) is 7.42. The molecule has 0 spiro atoms. The van der Waals surface area contributed by atoms with Gasteiger partial charge in [-0.2, -0.15) is 0 Å². The van der Waals surface area contributed by atoms with E-state index in [4.69, 9.17) is 9.47 Å². The number of amides is 1. The standard InChI is InChI=1S/C17H25NO3/c1-12-6-7-15(8-13(12)2)20-10-16(19)18-9-14(3)21-11-17(18,4)5/h6-8,14H,9-11H2,1-5H3. The maximum absolute atomic E-state index is 12.4. The molecule has 1 amide bonds. The van der Waals surface area contributed by atoms with E-state index in [9.17, 15) is 4.79 Å². The molecule has 1 aliphatic rings. The lowest BCUT2D eigenvalue weighted by molar-refractivity contribution is -0.154. The van der Waals surface area contributed by atoms with Crippen molar-refractivity contribution in [3.05, 3.63) is 29.3 Å². The van der Waals surface area contributed by atoms with Gasteiger partial charge in [-0.1, -0.05) is 6.07 Å². The van der Waals surface area contributed by atoms with Gasteiger partial charge in [0, 0.05) is 6.54 Å². The van der Waals surface area contributed by atoms with Crippen LogP contribution in [0.4, 0.5) is 0 Å². The van der Waals surface area contributed by atoms with E-state index in [0.29, 0.717) is 13.2 Å². The van der Waals surface area contributed by atoms with Gasteiger partial charge in [0.25, 0.3) is 5.91 Å². The lowest BCUT2D eigenvalue weighted by Crippen LogP contribution is -2.58. The van der Waals surface area contributed by atoms with Crippen LogP contribution in [0.15, 0.2) is 18.2 Å². The maximum Gasteiger partial charge on any atom is 0.261 e. The fourth-order valence-electron chi connectivity index (χ4n) is 2.45. The van der Waals surface area contributed by atoms with E-state index in [-0.39, 0.29) is 24.2 Å². The monoisotopic (exact) mass is 291 g/mol. The highest BCUT2D eigenvalue weighted by Crippen LogP contribution is 2.23. The molecule has 21 heavy (non-hydrogen) atoms. The van der Waals surface area contributed by atoms with Crippen LogP contribution in [-0.4, -0.2) is 42.2 Å². The van der Waals surface area contributed by atoms with Gasteiger partial charge >= 0.3 is 0 Å². The van der Waals surface area contributed by atoms with Gasteiger partial charge in [-0.25, -0.2) is 0 Å². The lowest BCUT2D eigenvalue weighted by atomic mass is 10.0. The smallest absolute Gasteiger partial charge is 0.261 e. The molecular formula is C17H25NO3. The van der Waals surface area contributed by atoms with Crippen LogP contribution < -0.4 is 4.74 Å². The van der Waals surface area contributed by atoms with Crippen LogP contribution in [0.3, 0.4) is 0 Å². The van der Waals surface area contributed by atoms with E-state index in [0.717, 1.165) is 5.75 Å². The highest BCUT2D eigenvalue weighted by molar-refractivity contribution is 5.78. The largest absolute Gasteiger partial charge is 0.484 e. The molecule has 0 saturated carbocycles. The van der Waals surface area contributed by atoms with Gasteiger partial charge in [-0.05, 0) is 57.9 Å². The molecule has 1 aliphatic heterocycles. The minimum Gasteiger partial charge on any atom is -0.484 e. The van der Waals surface area contributed by atoms with Crippen molar-refractivity contribution in [1.29, 1.82) is 0 Å².